The summed E-state index contributed by atoms with van der Waals surface area (Å²) in [5, 5.41) is 2.85. The second kappa shape index (κ2) is 8.17. The van der Waals surface area contributed by atoms with Gasteiger partial charge in [-0.2, -0.15) is 0 Å². The summed E-state index contributed by atoms with van der Waals surface area (Å²) in [6.45, 7) is 4.49. The topological polar surface area (TPSA) is 62.6 Å². The van der Waals surface area contributed by atoms with Crippen molar-refractivity contribution >= 4 is 17.5 Å². The van der Waals surface area contributed by atoms with E-state index in [1.807, 2.05) is 44.2 Å². The Kier molecular flexibility index (Phi) is 5.97. The number of rotatable bonds is 7. The molecule has 0 fully saturated rings. The number of para-hydroxylation sites is 1. The third-order valence-corrected chi connectivity index (χ3v) is 3.56. The molecule has 5 heteroatoms. The minimum absolute atomic E-state index is 0.107. The van der Waals surface area contributed by atoms with Crippen molar-refractivity contribution in [3.63, 3.8) is 0 Å². The van der Waals surface area contributed by atoms with Crippen LogP contribution in [0.2, 0.25) is 0 Å². The van der Waals surface area contributed by atoms with E-state index in [0.29, 0.717) is 12.1 Å². The summed E-state index contributed by atoms with van der Waals surface area (Å²) < 4.78 is 4.98. The molecule has 122 valence electrons. The molecule has 1 heterocycles. The first-order valence-electron chi connectivity index (χ1n) is 7.80. The molecule has 1 aromatic carbocycles. The molecule has 2 amide bonds. The number of hydrogen-bond acceptors (Lipinski definition) is 3. The van der Waals surface area contributed by atoms with Crippen LogP contribution in [0.1, 0.15) is 37.0 Å². The van der Waals surface area contributed by atoms with Gasteiger partial charge in [-0.05, 0) is 31.5 Å². The van der Waals surface area contributed by atoms with Crippen molar-refractivity contribution in [2.45, 2.75) is 32.7 Å². The molecule has 0 aliphatic heterocycles. The predicted molar refractivity (Wildman–Crippen MR) is 89.2 cm³/mol. The smallest absolute Gasteiger partial charge is 0.257 e. The highest BCUT2D eigenvalue weighted by molar-refractivity contribution is 5.95. The molecule has 1 aromatic heterocycles. The summed E-state index contributed by atoms with van der Waals surface area (Å²) in [4.78, 5) is 26.4. The Morgan fingerprint density at radius 1 is 1.22 bits per heavy atom. The molecule has 23 heavy (non-hydrogen) atoms. The molecule has 2 rings (SSSR count). The van der Waals surface area contributed by atoms with Gasteiger partial charge in [0.15, 0.2) is 0 Å². The van der Waals surface area contributed by atoms with Gasteiger partial charge < -0.3 is 14.6 Å². The molecule has 2 aromatic rings. The van der Waals surface area contributed by atoms with E-state index in [9.17, 15) is 9.59 Å². The lowest BCUT2D eigenvalue weighted by Crippen LogP contribution is -2.41. The van der Waals surface area contributed by atoms with Gasteiger partial charge in [-0.15, -0.1) is 0 Å². The van der Waals surface area contributed by atoms with Gasteiger partial charge in [-0.25, -0.2) is 0 Å². The van der Waals surface area contributed by atoms with Gasteiger partial charge in [0.2, 0.25) is 5.91 Å². The van der Waals surface area contributed by atoms with Crippen molar-refractivity contribution in [1.82, 2.24) is 4.90 Å². The SMILES string of the molecule is CCCN(C(=O)c1ccoc1)[C@H](C)CC(=O)Nc1ccccc1. The molecule has 0 saturated heterocycles. The minimum Gasteiger partial charge on any atom is -0.472 e. The van der Waals surface area contributed by atoms with Crippen LogP contribution in [0.3, 0.4) is 0 Å². The molecule has 0 unspecified atom stereocenters. The third kappa shape index (κ3) is 4.71. The number of carbonyl (C=O) groups is 2. The number of benzene rings is 1. The van der Waals surface area contributed by atoms with Crippen LogP contribution in [0.15, 0.2) is 53.3 Å². The van der Waals surface area contributed by atoms with E-state index >= 15 is 0 Å². The number of furan rings is 1. The van der Waals surface area contributed by atoms with E-state index in [1.165, 1.54) is 12.5 Å². The summed E-state index contributed by atoms with van der Waals surface area (Å²) in [7, 11) is 0. The molecule has 5 nitrogen and oxygen atoms in total. The molecule has 1 N–H and O–H groups in total. The normalized spacial score (nSPS) is 11.7. The average molecular weight is 314 g/mol. The van der Waals surface area contributed by atoms with Gasteiger partial charge in [0.25, 0.3) is 5.91 Å². The van der Waals surface area contributed by atoms with Crippen LogP contribution in [0, 0.1) is 0 Å². The Morgan fingerprint density at radius 3 is 2.57 bits per heavy atom. The van der Waals surface area contributed by atoms with Crippen LogP contribution < -0.4 is 5.32 Å². The maximum Gasteiger partial charge on any atom is 0.257 e. The van der Waals surface area contributed by atoms with E-state index in [1.54, 1.807) is 11.0 Å². The first-order chi connectivity index (χ1) is 11.1. The van der Waals surface area contributed by atoms with Crippen LogP contribution in [-0.2, 0) is 4.79 Å². The largest absolute Gasteiger partial charge is 0.472 e. The molecular formula is C18H22N2O3. The summed E-state index contributed by atoms with van der Waals surface area (Å²) in [6.07, 6.45) is 3.98. The Morgan fingerprint density at radius 2 is 1.96 bits per heavy atom. The molecule has 0 aliphatic rings. The lowest BCUT2D eigenvalue weighted by molar-refractivity contribution is -0.117. The van der Waals surface area contributed by atoms with Gasteiger partial charge in [0, 0.05) is 24.7 Å². The van der Waals surface area contributed by atoms with Crippen molar-refractivity contribution in [2.75, 3.05) is 11.9 Å². The second-order valence-electron chi connectivity index (χ2n) is 5.48. The van der Waals surface area contributed by atoms with Crippen molar-refractivity contribution in [2.24, 2.45) is 0 Å². The van der Waals surface area contributed by atoms with E-state index in [4.69, 9.17) is 4.42 Å². The number of anilines is 1. The van der Waals surface area contributed by atoms with Gasteiger partial charge in [0.05, 0.1) is 11.8 Å². The lowest BCUT2D eigenvalue weighted by atomic mass is 10.1. The number of carbonyl (C=O) groups excluding carboxylic acids is 2. The minimum atomic E-state index is -0.193. The highest BCUT2D eigenvalue weighted by Crippen LogP contribution is 2.14. The molecule has 0 saturated carbocycles. The highest BCUT2D eigenvalue weighted by Gasteiger charge is 2.23. The predicted octanol–water partition coefficient (Wildman–Crippen LogP) is 3.55. The van der Waals surface area contributed by atoms with E-state index in [-0.39, 0.29) is 24.3 Å². The number of nitrogens with zero attached hydrogens (tertiary/aromatic N) is 1. The molecule has 0 aliphatic carbocycles. The van der Waals surface area contributed by atoms with E-state index < -0.39 is 0 Å². The fraction of sp³-hybridized carbons (Fsp3) is 0.333. The average Bonchev–Trinajstić information content (AvgIpc) is 3.07. The summed E-state index contributed by atoms with van der Waals surface area (Å²) >= 11 is 0. The molecule has 0 radical (unpaired) electrons. The first kappa shape index (κ1) is 16.8. The molecular weight excluding hydrogens is 292 g/mol. The van der Waals surface area contributed by atoms with Crippen molar-refractivity contribution in [3.8, 4) is 0 Å². The maximum atomic E-state index is 12.5. The quantitative estimate of drug-likeness (QED) is 0.850. The van der Waals surface area contributed by atoms with Crippen LogP contribution in [0.25, 0.3) is 0 Å². The van der Waals surface area contributed by atoms with Crippen LogP contribution in [-0.4, -0.2) is 29.3 Å². The van der Waals surface area contributed by atoms with Gasteiger partial charge in [0.1, 0.15) is 6.26 Å². The monoisotopic (exact) mass is 314 g/mol. The van der Waals surface area contributed by atoms with Crippen LogP contribution >= 0.6 is 0 Å². The fourth-order valence-electron chi connectivity index (χ4n) is 2.43. The maximum absolute atomic E-state index is 12.5. The number of hydrogen-bond donors (Lipinski definition) is 1. The summed E-state index contributed by atoms with van der Waals surface area (Å²) in [5.41, 5.74) is 1.27. The van der Waals surface area contributed by atoms with Crippen molar-refractivity contribution in [1.29, 1.82) is 0 Å². The van der Waals surface area contributed by atoms with Gasteiger partial charge >= 0.3 is 0 Å². The Balaban J connectivity index is 1.99. The summed E-state index contributed by atoms with van der Waals surface area (Å²) in [6, 6.07) is 10.7. The zero-order chi connectivity index (χ0) is 16.7. The Labute approximate surface area is 136 Å². The van der Waals surface area contributed by atoms with Crippen LogP contribution in [0.5, 0.6) is 0 Å². The molecule has 0 bridgehead atoms. The fourth-order valence-corrected chi connectivity index (χ4v) is 2.43. The lowest BCUT2D eigenvalue weighted by Gasteiger charge is -2.28. The van der Waals surface area contributed by atoms with Crippen LogP contribution in [0.4, 0.5) is 5.69 Å². The van der Waals surface area contributed by atoms with E-state index in [0.717, 1.165) is 12.1 Å². The Hall–Kier alpha value is -2.56. The number of amides is 2. The second-order valence-corrected chi connectivity index (χ2v) is 5.48. The van der Waals surface area contributed by atoms with Crippen molar-refractivity contribution < 1.29 is 14.0 Å². The van der Waals surface area contributed by atoms with Gasteiger partial charge in [-0.3, -0.25) is 9.59 Å². The molecule has 0 spiro atoms. The zero-order valence-corrected chi connectivity index (χ0v) is 13.5. The van der Waals surface area contributed by atoms with Crippen molar-refractivity contribution in [3.05, 3.63) is 54.5 Å². The highest BCUT2D eigenvalue weighted by atomic mass is 16.3. The Bertz CT molecular complexity index is 623. The standard InChI is InChI=1S/C18H22N2O3/c1-3-10-20(18(22)15-9-11-23-13-15)14(2)12-17(21)19-16-7-5-4-6-8-16/h4-9,11,13-14H,3,10,12H2,1-2H3,(H,19,21)/t14-/m1/s1. The zero-order valence-electron chi connectivity index (χ0n) is 13.5. The first-order valence-corrected chi connectivity index (χ1v) is 7.80. The van der Waals surface area contributed by atoms with Gasteiger partial charge in [-0.1, -0.05) is 25.1 Å². The summed E-state index contributed by atoms with van der Waals surface area (Å²) in [5.74, 6) is -0.217. The van der Waals surface area contributed by atoms with E-state index in [2.05, 4.69) is 5.32 Å². The molecule has 1 atom stereocenters. The number of nitrogens with one attached hydrogen (secondary N) is 1. The third-order valence-electron chi connectivity index (χ3n) is 3.56.